The Morgan fingerprint density at radius 2 is 1.85 bits per heavy atom. The van der Waals surface area contributed by atoms with E-state index in [9.17, 15) is 4.79 Å². The molecule has 0 unspecified atom stereocenters. The standard InChI is InChI=1S/C16H24N2OSi/c1-11-13(20(5,6)7)12-9-8-10-17-14(12)18(11)15(19)16(2,3)4/h8-10H,1-7H3. The Morgan fingerprint density at radius 1 is 1.25 bits per heavy atom. The molecule has 0 bridgehead atoms. The van der Waals surface area contributed by atoms with Crippen LogP contribution in [0.3, 0.4) is 0 Å². The Morgan fingerprint density at radius 3 is 2.35 bits per heavy atom. The first kappa shape index (κ1) is 15.0. The summed E-state index contributed by atoms with van der Waals surface area (Å²) >= 11 is 0. The van der Waals surface area contributed by atoms with Crippen LogP contribution in [-0.2, 0) is 0 Å². The summed E-state index contributed by atoms with van der Waals surface area (Å²) < 4.78 is 1.82. The van der Waals surface area contributed by atoms with Crippen molar-refractivity contribution in [3.8, 4) is 0 Å². The molecule has 3 nitrogen and oxygen atoms in total. The molecule has 0 fully saturated rings. The first-order valence-electron chi connectivity index (χ1n) is 7.06. The van der Waals surface area contributed by atoms with Gasteiger partial charge >= 0.3 is 0 Å². The van der Waals surface area contributed by atoms with Gasteiger partial charge in [0.1, 0.15) is 5.65 Å². The number of rotatable bonds is 1. The van der Waals surface area contributed by atoms with Crippen LogP contribution in [0.1, 0.15) is 31.3 Å². The fraction of sp³-hybridized carbons (Fsp3) is 0.500. The minimum Gasteiger partial charge on any atom is -0.273 e. The van der Waals surface area contributed by atoms with Gasteiger partial charge in [0.15, 0.2) is 0 Å². The predicted molar refractivity (Wildman–Crippen MR) is 87.5 cm³/mol. The molecule has 2 aromatic rings. The largest absolute Gasteiger partial charge is 0.273 e. The van der Waals surface area contributed by atoms with E-state index in [1.807, 2.05) is 31.4 Å². The molecule has 0 aliphatic carbocycles. The molecule has 20 heavy (non-hydrogen) atoms. The van der Waals surface area contributed by atoms with Gasteiger partial charge in [-0.25, -0.2) is 4.98 Å². The number of hydrogen-bond donors (Lipinski definition) is 0. The fourth-order valence-electron chi connectivity index (χ4n) is 2.77. The van der Waals surface area contributed by atoms with Crippen molar-refractivity contribution in [2.75, 3.05) is 0 Å². The molecule has 0 radical (unpaired) electrons. The summed E-state index contributed by atoms with van der Waals surface area (Å²) in [5, 5.41) is 2.49. The van der Waals surface area contributed by atoms with E-state index in [1.165, 1.54) is 5.19 Å². The van der Waals surface area contributed by atoms with Crippen molar-refractivity contribution in [3.05, 3.63) is 24.0 Å². The van der Waals surface area contributed by atoms with Crippen molar-refractivity contribution in [1.82, 2.24) is 9.55 Å². The van der Waals surface area contributed by atoms with E-state index in [2.05, 4.69) is 37.6 Å². The zero-order valence-corrected chi connectivity index (χ0v) is 14.5. The van der Waals surface area contributed by atoms with Gasteiger partial charge in [-0.1, -0.05) is 40.4 Å². The van der Waals surface area contributed by atoms with E-state index in [4.69, 9.17) is 0 Å². The van der Waals surface area contributed by atoms with Crippen LogP contribution in [0, 0.1) is 12.3 Å². The monoisotopic (exact) mass is 288 g/mol. The minimum atomic E-state index is -1.54. The van der Waals surface area contributed by atoms with Crippen LogP contribution in [-0.4, -0.2) is 23.5 Å². The van der Waals surface area contributed by atoms with Gasteiger partial charge in [-0.2, -0.15) is 0 Å². The lowest BCUT2D eigenvalue weighted by Crippen LogP contribution is -2.40. The molecule has 0 N–H and O–H groups in total. The number of nitrogens with zero attached hydrogens (tertiary/aromatic N) is 2. The molecular weight excluding hydrogens is 264 g/mol. The van der Waals surface area contributed by atoms with Crippen LogP contribution in [0.5, 0.6) is 0 Å². The third-order valence-corrected chi connectivity index (χ3v) is 5.69. The van der Waals surface area contributed by atoms with Crippen LogP contribution in [0.2, 0.25) is 19.6 Å². The Labute approximate surface area is 122 Å². The highest BCUT2D eigenvalue weighted by molar-refractivity contribution is 6.90. The number of carbonyl (C=O) groups is 1. The van der Waals surface area contributed by atoms with Gasteiger partial charge in [0.2, 0.25) is 5.91 Å². The van der Waals surface area contributed by atoms with Gasteiger partial charge in [0.25, 0.3) is 0 Å². The van der Waals surface area contributed by atoms with Gasteiger partial charge in [-0.05, 0) is 24.2 Å². The lowest BCUT2D eigenvalue weighted by atomic mass is 9.95. The molecule has 108 valence electrons. The number of fused-ring (bicyclic) bond motifs is 1. The maximum atomic E-state index is 12.8. The number of carbonyl (C=O) groups excluding carboxylic acids is 1. The molecule has 0 amide bonds. The zero-order chi connectivity index (χ0) is 15.3. The number of aromatic nitrogens is 2. The maximum absolute atomic E-state index is 12.8. The van der Waals surface area contributed by atoms with E-state index in [-0.39, 0.29) is 5.91 Å². The third kappa shape index (κ3) is 2.33. The number of pyridine rings is 1. The van der Waals surface area contributed by atoms with E-state index >= 15 is 0 Å². The van der Waals surface area contributed by atoms with Gasteiger partial charge in [-0.3, -0.25) is 9.36 Å². The molecule has 0 saturated heterocycles. The summed E-state index contributed by atoms with van der Waals surface area (Å²) in [4.78, 5) is 17.3. The number of hydrogen-bond acceptors (Lipinski definition) is 2. The second kappa shape index (κ2) is 4.55. The maximum Gasteiger partial charge on any atom is 0.237 e. The van der Waals surface area contributed by atoms with Crippen molar-refractivity contribution in [2.45, 2.75) is 47.3 Å². The van der Waals surface area contributed by atoms with Crippen molar-refractivity contribution >= 4 is 30.2 Å². The summed E-state index contributed by atoms with van der Waals surface area (Å²) in [7, 11) is -1.54. The summed E-state index contributed by atoms with van der Waals surface area (Å²) in [5.41, 5.74) is 1.46. The summed E-state index contributed by atoms with van der Waals surface area (Å²) in [6, 6.07) is 4.05. The molecule has 2 aromatic heterocycles. The lowest BCUT2D eigenvalue weighted by molar-refractivity contribution is 0.0770. The van der Waals surface area contributed by atoms with Gasteiger partial charge in [0.05, 0.1) is 8.07 Å². The fourth-order valence-corrected chi connectivity index (χ4v) is 4.97. The molecule has 0 aromatic carbocycles. The van der Waals surface area contributed by atoms with Gasteiger partial charge in [0, 0.05) is 22.7 Å². The van der Waals surface area contributed by atoms with Gasteiger partial charge < -0.3 is 0 Å². The molecule has 0 spiro atoms. The topological polar surface area (TPSA) is 34.9 Å². The first-order valence-corrected chi connectivity index (χ1v) is 10.6. The Kier molecular flexibility index (Phi) is 3.41. The second-order valence-electron chi connectivity index (χ2n) is 7.48. The van der Waals surface area contributed by atoms with Crippen molar-refractivity contribution in [2.24, 2.45) is 5.41 Å². The lowest BCUT2D eigenvalue weighted by Gasteiger charge is -2.20. The van der Waals surface area contributed by atoms with Crippen molar-refractivity contribution in [1.29, 1.82) is 0 Å². The van der Waals surface area contributed by atoms with Crippen LogP contribution in [0.25, 0.3) is 11.0 Å². The predicted octanol–water partition coefficient (Wildman–Crippen LogP) is 3.58. The molecule has 4 heteroatoms. The average molecular weight is 288 g/mol. The van der Waals surface area contributed by atoms with Crippen LogP contribution < -0.4 is 5.19 Å². The van der Waals surface area contributed by atoms with E-state index in [1.54, 1.807) is 6.20 Å². The Balaban J connectivity index is 2.87. The zero-order valence-electron chi connectivity index (χ0n) is 13.5. The Hall–Kier alpha value is -1.42. The van der Waals surface area contributed by atoms with Crippen LogP contribution in [0.15, 0.2) is 18.3 Å². The highest BCUT2D eigenvalue weighted by Crippen LogP contribution is 2.25. The SMILES string of the molecule is Cc1c([Si](C)(C)C)c2cccnc2n1C(=O)C(C)(C)C. The van der Waals surface area contributed by atoms with E-state index in [0.717, 1.165) is 16.7 Å². The molecule has 0 aliphatic heterocycles. The van der Waals surface area contributed by atoms with Gasteiger partial charge in [-0.15, -0.1) is 0 Å². The normalized spacial score (nSPS) is 12.9. The van der Waals surface area contributed by atoms with Crippen molar-refractivity contribution in [3.63, 3.8) is 0 Å². The molecule has 2 rings (SSSR count). The summed E-state index contributed by atoms with van der Waals surface area (Å²) in [6.45, 7) is 14.9. The van der Waals surface area contributed by atoms with Crippen molar-refractivity contribution < 1.29 is 4.79 Å². The smallest absolute Gasteiger partial charge is 0.237 e. The van der Waals surface area contributed by atoms with Crippen LogP contribution >= 0.6 is 0 Å². The first-order chi connectivity index (χ1) is 9.05. The summed E-state index contributed by atoms with van der Waals surface area (Å²) in [6.07, 6.45) is 1.77. The minimum absolute atomic E-state index is 0.114. The average Bonchev–Trinajstić information content (AvgIpc) is 2.58. The highest BCUT2D eigenvalue weighted by Gasteiger charge is 2.32. The Bertz CT molecular complexity index is 672. The van der Waals surface area contributed by atoms with E-state index < -0.39 is 13.5 Å². The third-order valence-electron chi connectivity index (χ3n) is 3.56. The molecule has 0 saturated carbocycles. The second-order valence-corrected chi connectivity index (χ2v) is 12.5. The van der Waals surface area contributed by atoms with Crippen LogP contribution in [0.4, 0.5) is 0 Å². The molecule has 0 aliphatic rings. The summed E-state index contributed by atoms with van der Waals surface area (Å²) in [5.74, 6) is 0.114. The molecular formula is C16H24N2OSi. The highest BCUT2D eigenvalue weighted by atomic mass is 28.3. The molecule has 0 atom stereocenters. The molecule has 2 heterocycles. The van der Waals surface area contributed by atoms with E-state index in [0.29, 0.717) is 0 Å². The quantitative estimate of drug-likeness (QED) is 0.752.